The molecule has 0 radical (unpaired) electrons. The summed E-state index contributed by atoms with van der Waals surface area (Å²) >= 11 is 5.28. The van der Waals surface area contributed by atoms with Crippen molar-refractivity contribution in [3.05, 3.63) is 0 Å². The van der Waals surface area contributed by atoms with Gasteiger partial charge in [0.2, 0.25) is 0 Å². The predicted octanol–water partition coefficient (Wildman–Crippen LogP) is 4.21. The first-order chi connectivity index (χ1) is 9.50. The third-order valence-corrected chi connectivity index (χ3v) is 4.00. The molecular formula is C16H33NO2S. The van der Waals surface area contributed by atoms with Crippen molar-refractivity contribution in [3.8, 4) is 0 Å². The first-order valence-corrected chi connectivity index (χ1v) is 8.58. The molecule has 0 aliphatic rings. The van der Waals surface area contributed by atoms with Crippen LogP contribution in [0.3, 0.4) is 0 Å². The second-order valence-electron chi connectivity index (χ2n) is 5.64. The highest BCUT2D eigenvalue weighted by Gasteiger charge is 2.18. The number of rotatable bonds is 12. The van der Waals surface area contributed by atoms with Gasteiger partial charge in [-0.3, -0.25) is 0 Å². The van der Waals surface area contributed by atoms with E-state index in [1.807, 2.05) is 0 Å². The highest BCUT2D eigenvalue weighted by atomic mass is 32.1. The number of hydrogen-bond acceptors (Lipinski definition) is 3. The molecule has 2 N–H and O–H groups in total. The molecule has 2 atom stereocenters. The lowest BCUT2D eigenvalue weighted by Gasteiger charge is -2.30. The summed E-state index contributed by atoms with van der Waals surface area (Å²) in [5.41, 5.74) is 0. The Kier molecular flexibility index (Phi) is 12.4. The topological polar surface area (TPSA) is 43.7 Å². The van der Waals surface area contributed by atoms with E-state index < -0.39 is 12.5 Å². The maximum absolute atomic E-state index is 9.57. The fraction of sp³-hybridized carbons (Fsp3) is 0.938. The Hall–Kier alpha value is -0.190. The molecule has 0 saturated heterocycles. The summed E-state index contributed by atoms with van der Waals surface area (Å²) in [4.78, 5) is 2.16. The Morgan fingerprint density at radius 1 is 0.850 bits per heavy atom. The smallest absolute Gasteiger partial charge is 0.126 e. The molecule has 0 rings (SSSR count). The molecule has 0 spiro atoms. The van der Waals surface area contributed by atoms with Crippen LogP contribution in [-0.4, -0.2) is 32.6 Å². The van der Waals surface area contributed by atoms with Crippen LogP contribution >= 0.6 is 12.2 Å². The Morgan fingerprint density at radius 3 is 1.65 bits per heavy atom. The van der Waals surface area contributed by atoms with Crippen LogP contribution < -0.4 is 0 Å². The van der Waals surface area contributed by atoms with Crippen LogP contribution in [0.2, 0.25) is 0 Å². The summed E-state index contributed by atoms with van der Waals surface area (Å²) in [5, 5.41) is 19.1. The van der Waals surface area contributed by atoms with E-state index in [4.69, 9.17) is 12.2 Å². The number of unbranched alkanes of at least 4 members (excludes halogenated alkanes) is 8. The Bertz CT molecular complexity index is 237. The van der Waals surface area contributed by atoms with Crippen LogP contribution in [-0.2, 0) is 0 Å². The largest absolute Gasteiger partial charge is 0.374 e. The monoisotopic (exact) mass is 303 g/mol. The van der Waals surface area contributed by atoms with E-state index in [9.17, 15) is 10.2 Å². The highest BCUT2D eigenvalue weighted by Crippen LogP contribution is 2.13. The van der Waals surface area contributed by atoms with Gasteiger partial charge in [-0.05, 0) is 26.7 Å². The molecule has 0 aromatic carbocycles. The lowest BCUT2D eigenvalue weighted by Crippen LogP contribution is -2.43. The van der Waals surface area contributed by atoms with Gasteiger partial charge in [0.1, 0.15) is 12.5 Å². The molecule has 0 aromatic heterocycles. The first kappa shape index (κ1) is 19.8. The summed E-state index contributed by atoms with van der Waals surface area (Å²) in [6.45, 7) is 5.51. The predicted molar refractivity (Wildman–Crippen MR) is 89.6 cm³/mol. The van der Waals surface area contributed by atoms with E-state index in [-0.39, 0.29) is 0 Å². The second-order valence-corrected chi connectivity index (χ2v) is 6.11. The summed E-state index contributed by atoms with van der Waals surface area (Å²) in [7, 11) is 0. The lowest BCUT2D eigenvalue weighted by molar-refractivity contribution is -0.0346. The van der Waals surface area contributed by atoms with Crippen molar-refractivity contribution < 1.29 is 10.2 Å². The molecule has 0 fully saturated rings. The Morgan fingerprint density at radius 2 is 1.25 bits per heavy atom. The maximum Gasteiger partial charge on any atom is 0.126 e. The van der Waals surface area contributed by atoms with Gasteiger partial charge in [-0.25, -0.2) is 0 Å². The molecule has 0 heterocycles. The zero-order chi connectivity index (χ0) is 15.4. The molecule has 120 valence electrons. The molecule has 4 heteroatoms. The van der Waals surface area contributed by atoms with Crippen LogP contribution in [0.4, 0.5) is 0 Å². The van der Waals surface area contributed by atoms with Crippen molar-refractivity contribution in [3.63, 3.8) is 0 Å². The zero-order valence-electron chi connectivity index (χ0n) is 13.5. The Balaban J connectivity index is 3.56. The van der Waals surface area contributed by atoms with E-state index in [0.717, 1.165) is 12.8 Å². The Labute approximate surface area is 130 Å². The minimum absolute atomic E-state index is 0.665. The summed E-state index contributed by atoms with van der Waals surface area (Å²) in [6.07, 6.45) is 10.9. The minimum Gasteiger partial charge on any atom is -0.374 e. The van der Waals surface area contributed by atoms with Gasteiger partial charge in [-0.1, -0.05) is 70.5 Å². The molecule has 0 aliphatic carbocycles. The molecular weight excluding hydrogens is 270 g/mol. The van der Waals surface area contributed by atoms with Crippen molar-refractivity contribution in [1.82, 2.24) is 4.90 Å². The van der Waals surface area contributed by atoms with Gasteiger partial charge in [0, 0.05) is 0 Å². The number of aliphatic hydroxyl groups excluding tert-OH is 2. The molecule has 0 bridgehead atoms. The van der Waals surface area contributed by atoms with Gasteiger partial charge in [-0.2, -0.15) is 0 Å². The summed E-state index contributed by atoms with van der Waals surface area (Å²) in [5.74, 6) is 0. The highest BCUT2D eigenvalue weighted by molar-refractivity contribution is 7.80. The van der Waals surface area contributed by atoms with Gasteiger partial charge in [0.15, 0.2) is 0 Å². The van der Waals surface area contributed by atoms with Crippen molar-refractivity contribution in [1.29, 1.82) is 0 Å². The fourth-order valence-corrected chi connectivity index (χ4v) is 2.89. The number of hydrogen-bond donors (Lipinski definition) is 2. The van der Waals surface area contributed by atoms with Gasteiger partial charge in [-0.15, -0.1) is 0 Å². The fourth-order valence-electron chi connectivity index (χ4n) is 2.44. The lowest BCUT2D eigenvalue weighted by atomic mass is 10.1. The molecule has 0 aliphatic heterocycles. The standard InChI is InChI=1S/C16H33NO2S/c1-4-5-6-7-8-9-10-11-12-13-16(20)17(14(2)18)15(3)19/h14-15,18-19H,4-13H2,1-3H3. The average Bonchev–Trinajstić information content (AvgIpc) is 2.36. The van der Waals surface area contributed by atoms with E-state index in [2.05, 4.69) is 6.92 Å². The van der Waals surface area contributed by atoms with E-state index in [1.165, 1.54) is 56.3 Å². The van der Waals surface area contributed by atoms with Crippen LogP contribution in [0, 0.1) is 0 Å². The second kappa shape index (κ2) is 12.5. The van der Waals surface area contributed by atoms with Crippen LogP contribution in [0.25, 0.3) is 0 Å². The quantitative estimate of drug-likeness (QED) is 0.322. The number of aliphatic hydroxyl groups is 2. The van der Waals surface area contributed by atoms with Gasteiger partial charge in [0.05, 0.1) is 4.99 Å². The van der Waals surface area contributed by atoms with Gasteiger partial charge in [0.25, 0.3) is 0 Å². The minimum atomic E-state index is -0.721. The summed E-state index contributed by atoms with van der Waals surface area (Å²) < 4.78 is 0. The van der Waals surface area contributed by atoms with E-state index >= 15 is 0 Å². The molecule has 0 amide bonds. The third-order valence-electron chi connectivity index (χ3n) is 3.59. The molecule has 0 aromatic rings. The van der Waals surface area contributed by atoms with Gasteiger partial charge < -0.3 is 15.1 Å². The third kappa shape index (κ3) is 9.67. The molecule has 0 saturated carbocycles. The van der Waals surface area contributed by atoms with Crippen molar-refractivity contribution in [2.75, 3.05) is 0 Å². The van der Waals surface area contributed by atoms with Crippen LogP contribution in [0.5, 0.6) is 0 Å². The van der Waals surface area contributed by atoms with Crippen LogP contribution in [0.15, 0.2) is 0 Å². The number of nitrogens with zero attached hydrogens (tertiary/aromatic N) is 1. The SMILES string of the molecule is CCCCCCCCCCCC(=S)N(C(C)O)C(C)O. The molecule has 3 nitrogen and oxygen atoms in total. The maximum atomic E-state index is 9.57. The van der Waals surface area contributed by atoms with Crippen molar-refractivity contribution in [2.24, 2.45) is 0 Å². The van der Waals surface area contributed by atoms with Gasteiger partial charge >= 0.3 is 0 Å². The molecule has 2 unspecified atom stereocenters. The normalized spacial score (nSPS) is 14.1. The number of thiocarbonyl (C=S) groups is 1. The van der Waals surface area contributed by atoms with E-state index in [0.29, 0.717) is 4.99 Å². The molecule has 20 heavy (non-hydrogen) atoms. The van der Waals surface area contributed by atoms with E-state index in [1.54, 1.807) is 13.8 Å². The first-order valence-electron chi connectivity index (χ1n) is 8.18. The van der Waals surface area contributed by atoms with Crippen molar-refractivity contribution >= 4 is 17.2 Å². The summed E-state index contributed by atoms with van der Waals surface area (Å²) in [6, 6.07) is 0. The van der Waals surface area contributed by atoms with Crippen LogP contribution in [0.1, 0.15) is 85.0 Å². The average molecular weight is 304 g/mol. The zero-order valence-corrected chi connectivity index (χ0v) is 14.3. The van der Waals surface area contributed by atoms with Crippen molar-refractivity contribution in [2.45, 2.75) is 97.4 Å².